The van der Waals surface area contributed by atoms with Gasteiger partial charge in [0.25, 0.3) is 0 Å². The Morgan fingerprint density at radius 1 is 1.15 bits per heavy atom. The summed E-state index contributed by atoms with van der Waals surface area (Å²) >= 11 is 0. The van der Waals surface area contributed by atoms with Gasteiger partial charge in [-0.05, 0) is 49.9 Å². The molecule has 0 spiro atoms. The van der Waals surface area contributed by atoms with Crippen molar-refractivity contribution in [2.75, 3.05) is 14.1 Å². The van der Waals surface area contributed by atoms with Gasteiger partial charge in [0, 0.05) is 32.2 Å². The summed E-state index contributed by atoms with van der Waals surface area (Å²) in [5.41, 5.74) is 6.43. The first-order chi connectivity index (χ1) is 12.3. The van der Waals surface area contributed by atoms with Crippen LogP contribution in [0.1, 0.15) is 39.0 Å². The number of hydrogen-bond donors (Lipinski definition) is 1. The summed E-state index contributed by atoms with van der Waals surface area (Å²) in [5, 5.41) is 9.41. The van der Waals surface area contributed by atoms with E-state index in [1.807, 2.05) is 4.90 Å². The van der Waals surface area contributed by atoms with Gasteiger partial charge in [0.1, 0.15) is 6.04 Å². The molecule has 4 fully saturated rings. The van der Waals surface area contributed by atoms with Crippen LogP contribution in [0.5, 0.6) is 0 Å². The molecule has 1 saturated carbocycles. The molecule has 142 valence electrons. The number of hydrogen-bond acceptors (Lipinski definition) is 4. The summed E-state index contributed by atoms with van der Waals surface area (Å²) in [7, 11) is 3.57. The lowest BCUT2D eigenvalue weighted by Gasteiger charge is -2.42. The van der Waals surface area contributed by atoms with Crippen molar-refractivity contribution in [3.8, 4) is 6.07 Å². The molecule has 4 aliphatic rings. The van der Waals surface area contributed by atoms with Crippen molar-refractivity contribution in [2.24, 2.45) is 23.5 Å². The third-order valence-corrected chi connectivity index (χ3v) is 7.23. The summed E-state index contributed by atoms with van der Waals surface area (Å²) in [6, 6.07) is 2.07. The van der Waals surface area contributed by atoms with Crippen LogP contribution in [0, 0.1) is 29.1 Å². The average Bonchev–Trinajstić information content (AvgIpc) is 2.97. The van der Waals surface area contributed by atoms with Crippen LogP contribution in [-0.4, -0.2) is 70.9 Å². The topological polar surface area (TPSA) is 93.7 Å². The molecule has 0 aromatic rings. The molecule has 7 atom stereocenters. The van der Waals surface area contributed by atoms with E-state index in [2.05, 4.69) is 13.0 Å². The summed E-state index contributed by atoms with van der Waals surface area (Å²) in [5.74, 6) is 1.02. The maximum atomic E-state index is 13.1. The summed E-state index contributed by atoms with van der Waals surface area (Å²) in [6.07, 6.45) is 4.36. The highest BCUT2D eigenvalue weighted by Crippen LogP contribution is 2.53. The van der Waals surface area contributed by atoms with Crippen molar-refractivity contribution in [3.05, 3.63) is 0 Å². The second-order valence-corrected chi connectivity index (χ2v) is 8.87. The fourth-order valence-electron chi connectivity index (χ4n) is 5.76. The molecule has 7 nitrogen and oxygen atoms in total. The van der Waals surface area contributed by atoms with E-state index in [4.69, 9.17) is 5.73 Å². The zero-order valence-corrected chi connectivity index (χ0v) is 15.8. The van der Waals surface area contributed by atoms with Crippen LogP contribution in [0.4, 0.5) is 4.79 Å². The molecule has 7 heteroatoms. The van der Waals surface area contributed by atoms with E-state index in [-0.39, 0.29) is 42.0 Å². The van der Waals surface area contributed by atoms with E-state index in [1.165, 1.54) is 0 Å². The average molecular weight is 359 g/mol. The number of fused-ring (bicyclic) bond motifs is 3. The molecule has 3 aliphatic heterocycles. The standard InChI is InChI=1S/C19H29N5O2/c1-10-15-8-14(9-20)24(17(10)15)18(25)16(21)11-6-12-4-5-13(7-11)23(12)19(26)22(2)3/h10-17H,4-8,21H2,1-3H3. The highest BCUT2D eigenvalue weighted by atomic mass is 16.2. The molecular weight excluding hydrogens is 330 g/mol. The Morgan fingerprint density at radius 3 is 2.31 bits per heavy atom. The Balaban J connectivity index is 1.45. The third-order valence-electron chi connectivity index (χ3n) is 7.23. The van der Waals surface area contributed by atoms with E-state index >= 15 is 0 Å². The van der Waals surface area contributed by atoms with Gasteiger partial charge in [0.05, 0.1) is 12.1 Å². The molecule has 1 aliphatic carbocycles. The van der Waals surface area contributed by atoms with Gasteiger partial charge in [-0.25, -0.2) is 4.79 Å². The van der Waals surface area contributed by atoms with E-state index in [1.54, 1.807) is 23.9 Å². The largest absolute Gasteiger partial charge is 0.331 e. The summed E-state index contributed by atoms with van der Waals surface area (Å²) < 4.78 is 0. The Bertz CT molecular complexity index is 645. The van der Waals surface area contributed by atoms with Gasteiger partial charge in [-0.2, -0.15) is 5.26 Å². The van der Waals surface area contributed by atoms with Crippen LogP contribution in [0.25, 0.3) is 0 Å². The van der Waals surface area contributed by atoms with E-state index in [0.29, 0.717) is 11.8 Å². The Labute approximate surface area is 155 Å². The number of nitrogens with two attached hydrogens (primary N) is 1. The first-order valence-electron chi connectivity index (χ1n) is 9.82. The highest BCUT2D eigenvalue weighted by Gasteiger charge is 2.61. The number of carbonyl (C=O) groups is 2. The molecular formula is C19H29N5O2. The molecule has 4 rings (SSSR count). The van der Waals surface area contributed by atoms with Crippen molar-refractivity contribution >= 4 is 11.9 Å². The lowest BCUT2D eigenvalue weighted by atomic mass is 9.84. The molecule has 0 aromatic heterocycles. The quantitative estimate of drug-likeness (QED) is 0.796. The van der Waals surface area contributed by atoms with E-state index in [0.717, 1.165) is 32.1 Å². The molecule has 26 heavy (non-hydrogen) atoms. The number of nitriles is 1. The van der Waals surface area contributed by atoms with Gasteiger partial charge in [0.2, 0.25) is 5.91 Å². The van der Waals surface area contributed by atoms with Gasteiger partial charge in [-0.1, -0.05) is 6.92 Å². The number of carbonyl (C=O) groups excluding carboxylic acids is 2. The van der Waals surface area contributed by atoms with Crippen LogP contribution in [-0.2, 0) is 4.79 Å². The Hall–Kier alpha value is -1.81. The number of amides is 3. The number of piperidine rings is 2. The predicted octanol–water partition coefficient (Wildman–Crippen LogP) is 0.997. The number of urea groups is 1. The second kappa shape index (κ2) is 6.12. The zero-order chi connectivity index (χ0) is 18.7. The van der Waals surface area contributed by atoms with Crippen molar-refractivity contribution in [2.45, 2.75) is 69.2 Å². The highest BCUT2D eigenvalue weighted by molar-refractivity contribution is 5.84. The summed E-state index contributed by atoms with van der Waals surface area (Å²) in [4.78, 5) is 31.0. The number of rotatable bonds is 2. The minimum absolute atomic E-state index is 0.0508. The SMILES string of the molecule is CC1C2CC(C#N)N(C(=O)C(N)C3CC4CCC(C3)N4C(=O)N(C)C)C12. The normalized spacial score (nSPS) is 41.4. The van der Waals surface area contributed by atoms with Crippen molar-refractivity contribution in [3.63, 3.8) is 0 Å². The van der Waals surface area contributed by atoms with Gasteiger partial charge < -0.3 is 20.4 Å². The minimum Gasteiger partial charge on any atom is -0.331 e. The predicted molar refractivity (Wildman–Crippen MR) is 95.7 cm³/mol. The van der Waals surface area contributed by atoms with Gasteiger partial charge in [-0.15, -0.1) is 0 Å². The number of nitrogens with zero attached hydrogens (tertiary/aromatic N) is 4. The Morgan fingerprint density at radius 2 is 1.77 bits per heavy atom. The molecule has 3 saturated heterocycles. The molecule has 2 N–H and O–H groups in total. The molecule has 0 radical (unpaired) electrons. The summed E-state index contributed by atoms with van der Waals surface area (Å²) in [6.45, 7) is 2.15. The molecule has 0 aromatic carbocycles. The Kier molecular flexibility index (Phi) is 4.14. The maximum Gasteiger partial charge on any atom is 0.319 e. The maximum absolute atomic E-state index is 13.1. The lowest BCUT2D eigenvalue weighted by Crippen LogP contribution is -2.56. The van der Waals surface area contributed by atoms with Crippen molar-refractivity contribution in [1.29, 1.82) is 5.26 Å². The van der Waals surface area contributed by atoms with Crippen LogP contribution in [0.2, 0.25) is 0 Å². The van der Waals surface area contributed by atoms with Gasteiger partial charge >= 0.3 is 6.03 Å². The first-order valence-corrected chi connectivity index (χ1v) is 9.82. The van der Waals surface area contributed by atoms with Crippen molar-refractivity contribution in [1.82, 2.24) is 14.7 Å². The first kappa shape index (κ1) is 17.6. The van der Waals surface area contributed by atoms with E-state index in [9.17, 15) is 14.9 Å². The second-order valence-electron chi connectivity index (χ2n) is 8.87. The van der Waals surface area contributed by atoms with Crippen LogP contribution < -0.4 is 5.73 Å². The van der Waals surface area contributed by atoms with Crippen molar-refractivity contribution < 1.29 is 9.59 Å². The fourth-order valence-corrected chi connectivity index (χ4v) is 5.76. The molecule has 3 heterocycles. The van der Waals surface area contributed by atoms with Crippen LogP contribution in [0.15, 0.2) is 0 Å². The monoisotopic (exact) mass is 359 g/mol. The molecule has 7 unspecified atom stereocenters. The third kappa shape index (κ3) is 2.50. The zero-order valence-electron chi connectivity index (χ0n) is 15.8. The minimum atomic E-state index is -0.558. The number of likely N-dealkylation sites (tertiary alicyclic amines) is 1. The smallest absolute Gasteiger partial charge is 0.319 e. The van der Waals surface area contributed by atoms with Gasteiger partial charge in [-0.3, -0.25) is 4.79 Å². The van der Waals surface area contributed by atoms with Crippen LogP contribution >= 0.6 is 0 Å². The fraction of sp³-hybridized carbons (Fsp3) is 0.842. The van der Waals surface area contributed by atoms with Gasteiger partial charge in [0.15, 0.2) is 0 Å². The van der Waals surface area contributed by atoms with Crippen LogP contribution in [0.3, 0.4) is 0 Å². The molecule has 3 amide bonds. The lowest BCUT2D eigenvalue weighted by molar-refractivity contribution is -0.135. The van der Waals surface area contributed by atoms with E-state index < -0.39 is 6.04 Å². The molecule has 2 bridgehead atoms.